The maximum atomic E-state index is 6.79. The number of rotatable bonds is 19. The molecule has 0 aromatic heterocycles. The lowest BCUT2D eigenvalue weighted by atomic mass is 10.4. The van der Waals surface area contributed by atoms with Gasteiger partial charge in [-0.3, -0.25) is 0 Å². The van der Waals surface area contributed by atoms with Gasteiger partial charge in [-0.05, 0) is 25.7 Å². The van der Waals surface area contributed by atoms with Gasteiger partial charge in [0.2, 0.25) is 0 Å². The second-order valence-electron chi connectivity index (χ2n) is 7.69. The zero-order chi connectivity index (χ0) is 22.1. The standard InChI is InChI=1S/C23H44O5Si2/c1-6-10-19-24-29(5,25-20-11-7-2)28-30(26-21-12-8-3,27-22-13-9-4)23-17-15-14-16-18-23/h14-18H,6-13,19-22H2,1-5H3. The number of unbranched alkanes of at least 4 members (excludes halogenated alkanes) is 4. The van der Waals surface area contributed by atoms with Crippen molar-refractivity contribution in [1.29, 1.82) is 0 Å². The Kier molecular flexibility index (Phi) is 14.8. The van der Waals surface area contributed by atoms with Crippen LogP contribution in [0.2, 0.25) is 6.55 Å². The van der Waals surface area contributed by atoms with Crippen LogP contribution in [0, 0.1) is 0 Å². The highest BCUT2D eigenvalue weighted by molar-refractivity contribution is 6.83. The van der Waals surface area contributed by atoms with E-state index in [4.69, 9.17) is 21.8 Å². The molecule has 0 radical (unpaired) electrons. The first kappa shape index (κ1) is 27.5. The molecule has 0 spiro atoms. The van der Waals surface area contributed by atoms with E-state index >= 15 is 0 Å². The van der Waals surface area contributed by atoms with Crippen molar-refractivity contribution < 1.29 is 21.8 Å². The molecule has 1 rings (SSSR count). The smallest absolute Gasteiger partial charge is 0.374 e. The van der Waals surface area contributed by atoms with Gasteiger partial charge in [0.05, 0.1) is 0 Å². The molecule has 0 fully saturated rings. The van der Waals surface area contributed by atoms with Crippen LogP contribution in [0.1, 0.15) is 79.1 Å². The second kappa shape index (κ2) is 16.1. The molecule has 30 heavy (non-hydrogen) atoms. The molecule has 0 atom stereocenters. The van der Waals surface area contributed by atoms with Gasteiger partial charge in [-0.15, -0.1) is 0 Å². The minimum Gasteiger partial charge on any atom is -0.374 e. The van der Waals surface area contributed by atoms with E-state index in [1.807, 2.05) is 24.7 Å². The summed E-state index contributed by atoms with van der Waals surface area (Å²) in [6.07, 6.45) is 8.15. The average Bonchev–Trinajstić information content (AvgIpc) is 2.75. The second-order valence-corrected chi connectivity index (χ2v) is 13.1. The average molecular weight is 457 g/mol. The summed E-state index contributed by atoms with van der Waals surface area (Å²) < 4.78 is 32.3. The van der Waals surface area contributed by atoms with Gasteiger partial charge in [0, 0.05) is 38.2 Å². The normalized spacial score (nSPS) is 12.4. The zero-order valence-corrected chi connectivity index (χ0v) is 21.9. The summed E-state index contributed by atoms with van der Waals surface area (Å²) in [7, 11) is -6.14. The van der Waals surface area contributed by atoms with Gasteiger partial charge in [-0.2, -0.15) is 0 Å². The lowest BCUT2D eigenvalue weighted by Crippen LogP contribution is -2.64. The molecular weight excluding hydrogens is 412 g/mol. The Balaban J connectivity index is 3.19. The Morgan fingerprint density at radius 3 is 1.40 bits per heavy atom. The van der Waals surface area contributed by atoms with Crippen molar-refractivity contribution >= 4 is 22.8 Å². The van der Waals surface area contributed by atoms with Crippen LogP contribution in [0.4, 0.5) is 0 Å². The van der Waals surface area contributed by atoms with Crippen molar-refractivity contribution in [3.05, 3.63) is 30.3 Å². The van der Waals surface area contributed by atoms with Gasteiger partial charge in [-0.1, -0.05) is 83.7 Å². The van der Waals surface area contributed by atoms with Gasteiger partial charge in [0.15, 0.2) is 0 Å². The van der Waals surface area contributed by atoms with Gasteiger partial charge in [0.1, 0.15) is 0 Å². The predicted octanol–water partition coefficient (Wildman–Crippen LogP) is 5.68. The molecule has 0 aliphatic carbocycles. The van der Waals surface area contributed by atoms with Gasteiger partial charge in [0.25, 0.3) is 0 Å². The Labute approximate surface area is 187 Å². The summed E-state index contributed by atoms with van der Waals surface area (Å²) in [4.78, 5) is 0. The van der Waals surface area contributed by atoms with E-state index < -0.39 is 17.6 Å². The van der Waals surface area contributed by atoms with Crippen molar-refractivity contribution in [2.75, 3.05) is 26.4 Å². The summed E-state index contributed by atoms with van der Waals surface area (Å²) >= 11 is 0. The van der Waals surface area contributed by atoms with Crippen molar-refractivity contribution in [1.82, 2.24) is 0 Å². The Bertz CT molecular complexity index is 510. The summed E-state index contributed by atoms with van der Waals surface area (Å²) in [5.41, 5.74) is 0. The van der Waals surface area contributed by atoms with Crippen LogP contribution in [0.25, 0.3) is 0 Å². The molecule has 0 aliphatic rings. The fourth-order valence-electron chi connectivity index (χ4n) is 2.82. The summed E-state index contributed by atoms with van der Waals surface area (Å²) in [5.74, 6) is 0. The maximum Gasteiger partial charge on any atom is 0.529 e. The molecule has 0 N–H and O–H groups in total. The van der Waals surface area contributed by atoms with E-state index in [0.717, 1.165) is 56.6 Å². The highest BCUT2D eigenvalue weighted by atomic mass is 28.5. The zero-order valence-electron chi connectivity index (χ0n) is 19.9. The molecule has 0 bridgehead atoms. The maximum absolute atomic E-state index is 6.79. The van der Waals surface area contributed by atoms with Crippen LogP contribution in [-0.2, 0) is 21.8 Å². The fourth-order valence-corrected chi connectivity index (χ4v) is 9.14. The van der Waals surface area contributed by atoms with Crippen LogP contribution in [-0.4, -0.2) is 44.0 Å². The molecule has 0 saturated carbocycles. The lowest BCUT2D eigenvalue weighted by Gasteiger charge is -2.37. The first-order chi connectivity index (χ1) is 14.6. The number of benzene rings is 1. The van der Waals surface area contributed by atoms with Gasteiger partial charge < -0.3 is 21.8 Å². The third kappa shape index (κ3) is 10.2. The van der Waals surface area contributed by atoms with E-state index in [9.17, 15) is 0 Å². The van der Waals surface area contributed by atoms with E-state index in [0.29, 0.717) is 26.4 Å². The molecule has 0 amide bonds. The molecule has 1 aromatic rings. The van der Waals surface area contributed by atoms with Crippen molar-refractivity contribution in [2.24, 2.45) is 0 Å². The topological polar surface area (TPSA) is 46.2 Å². The monoisotopic (exact) mass is 456 g/mol. The van der Waals surface area contributed by atoms with Crippen LogP contribution >= 0.6 is 0 Å². The van der Waals surface area contributed by atoms with Crippen molar-refractivity contribution in [3.63, 3.8) is 0 Å². The molecule has 0 heterocycles. The van der Waals surface area contributed by atoms with Gasteiger partial charge in [-0.25, -0.2) is 0 Å². The Morgan fingerprint density at radius 1 is 0.600 bits per heavy atom. The lowest BCUT2D eigenvalue weighted by molar-refractivity contribution is 0.0509. The third-order valence-electron chi connectivity index (χ3n) is 4.75. The van der Waals surface area contributed by atoms with Gasteiger partial charge >= 0.3 is 17.6 Å². The third-order valence-corrected chi connectivity index (χ3v) is 11.0. The highest BCUT2D eigenvalue weighted by Crippen LogP contribution is 2.22. The van der Waals surface area contributed by atoms with E-state index in [1.54, 1.807) is 0 Å². The molecule has 0 aliphatic heterocycles. The molecule has 5 nitrogen and oxygen atoms in total. The summed E-state index contributed by atoms with van der Waals surface area (Å²) in [5, 5.41) is 0.981. The molecule has 0 saturated heterocycles. The number of hydrogen-bond donors (Lipinski definition) is 0. The molecule has 174 valence electrons. The minimum atomic E-state index is -3.19. The predicted molar refractivity (Wildman–Crippen MR) is 128 cm³/mol. The summed E-state index contributed by atoms with van der Waals surface area (Å²) in [6.45, 7) is 13.1. The highest BCUT2D eigenvalue weighted by Gasteiger charge is 2.53. The van der Waals surface area contributed by atoms with E-state index in [1.165, 1.54) is 0 Å². The first-order valence-electron chi connectivity index (χ1n) is 11.9. The number of hydrogen-bond acceptors (Lipinski definition) is 5. The summed E-state index contributed by atoms with van der Waals surface area (Å²) in [6, 6.07) is 10.1. The van der Waals surface area contributed by atoms with Crippen LogP contribution in [0.15, 0.2) is 30.3 Å². The van der Waals surface area contributed by atoms with Crippen LogP contribution < -0.4 is 5.19 Å². The minimum absolute atomic E-state index is 0.609. The Morgan fingerprint density at radius 2 is 1.00 bits per heavy atom. The van der Waals surface area contributed by atoms with Crippen LogP contribution in [0.5, 0.6) is 0 Å². The molecular formula is C23H44O5Si2. The quantitative estimate of drug-likeness (QED) is 0.198. The first-order valence-corrected chi connectivity index (χ1v) is 15.8. The molecule has 0 unspecified atom stereocenters. The van der Waals surface area contributed by atoms with Crippen LogP contribution in [0.3, 0.4) is 0 Å². The Hall–Kier alpha value is -0.546. The van der Waals surface area contributed by atoms with Crippen molar-refractivity contribution in [3.8, 4) is 0 Å². The SMILES string of the molecule is CCCCO[Si](C)(OCCCC)O[Si](OCCCC)(OCCCC)c1ccccc1. The molecule has 1 aromatic carbocycles. The molecule has 7 heteroatoms. The largest absolute Gasteiger partial charge is 0.529 e. The fraction of sp³-hybridized carbons (Fsp3) is 0.739. The van der Waals surface area contributed by atoms with E-state index in [2.05, 4.69) is 39.8 Å². The van der Waals surface area contributed by atoms with Crippen molar-refractivity contribution in [2.45, 2.75) is 85.6 Å². The van der Waals surface area contributed by atoms with E-state index in [-0.39, 0.29) is 0 Å².